The predicted molar refractivity (Wildman–Crippen MR) is 109 cm³/mol. The number of carbonyl (C=O) groups excluding carboxylic acids is 2. The molecule has 0 saturated carbocycles. The highest BCUT2D eigenvalue weighted by atomic mass is 16.6. The molecular weight excluding hydrogens is 368 g/mol. The number of Topliss-reactive ketones (excluding diaryl/α,β-unsaturated/α-hetero) is 1. The van der Waals surface area contributed by atoms with Gasteiger partial charge in [-0.2, -0.15) is 5.26 Å². The van der Waals surface area contributed by atoms with Gasteiger partial charge < -0.3 is 14.4 Å². The summed E-state index contributed by atoms with van der Waals surface area (Å²) in [7, 11) is 0. The van der Waals surface area contributed by atoms with Crippen molar-refractivity contribution in [2.75, 3.05) is 6.61 Å². The van der Waals surface area contributed by atoms with Crippen LogP contribution in [0.1, 0.15) is 69.7 Å². The van der Waals surface area contributed by atoms with Gasteiger partial charge in [-0.3, -0.25) is 4.79 Å². The van der Waals surface area contributed by atoms with E-state index in [9.17, 15) is 9.59 Å². The van der Waals surface area contributed by atoms with E-state index < -0.39 is 5.60 Å². The fourth-order valence-electron chi connectivity index (χ4n) is 4.37. The first-order chi connectivity index (χ1) is 13.8. The molecule has 2 saturated heterocycles. The molecule has 0 radical (unpaired) electrons. The zero-order valence-electron chi connectivity index (χ0n) is 17.5. The number of nitriles is 1. The number of benzene rings is 1. The van der Waals surface area contributed by atoms with Crippen LogP contribution in [0.5, 0.6) is 5.75 Å². The molecule has 2 bridgehead atoms. The number of amides is 1. The zero-order valence-corrected chi connectivity index (χ0v) is 17.5. The van der Waals surface area contributed by atoms with E-state index in [1.807, 2.05) is 31.7 Å². The third-order valence-electron chi connectivity index (χ3n) is 5.57. The first kappa shape index (κ1) is 21.2. The fourth-order valence-corrected chi connectivity index (χ4v) is 4.37. The Hall–Kier alpha value is -2.55. The Morgan fingerprint density at radius 1 is 1.14 bits per heavy atom. The van der Waals surface area contributed by atoms with Crippen LogP contribution in [0.25, 0.3) is 0 Å². The number of rotatable bonds is 5. The summed E-state index contributed by atoms with van der Waals surface area (Å²) in [5.74, 6) is 0.720. The summed E-state index contributed by atoms with van der Waals surface area (Å²) >= 11 is 0. The molecule has 2 fully saturated rings. The van der Waals surface area contributed by atoms with Crippen LogP contribution < -0.4 is 4.74 Å². The molecule has 2 atom stereocenters. The van der Waals surface area contributed by atoms with E-state index in [0.29, 0.717) is 37.2 Å². The van der Waals surface area contributed by atoms with Crippen molar-refractivity contribution in [1.82, 2.24) is 4.90 Å². The van der Waals surface area contributed by atoms with Crippen molar-refractivity contribution in [3.05, 3.63) is 29.8 Å². The maximum atomic E-state index is 13.1. The lowest BCUT2D eigenvalue weighted by Crippen LogP contribution is -2.56. The van der Waals surface area contributed by atoms with Crippen LogP contribution in [0.4, 0.5) is 4.79 Å². The molecule has 0 aliphatic carbocycles. The van der Waals surface area contributed by atoms with Gasteiger partial charge in [0, 0.05) is 23.6 Å². The van der Waals surface area contributed by atoms with Crippen molar-refractivity contribution in [1.29, 1.82) is 5.26 Å². The van der Waals surface area contributed by atoms with Crippen molar-refractivity contribution in [3.63, 3.8) is 0 Å². The van der Waals surface area contributed by atoms with E-state index in [2.05, 4.69) is 0 Å². The molecule has 1 aromatic rings. The van der Waals surface area contributed by atoms with E-state index in [0.717, 1.165) is 19.3 Å². The SMILES string of the molecule is CC(C)(C)OC(=O)N1C2CCCC1CC(C(=O)c1ccc(OCCC#N)cc1)C2. The van der Waals surface area contributed by atoms with E-state index in [-0.39, 0.29) is 29.9 Å². The summed E-state index contributed by atoms with van der Waals surface area (Å²) in [6.45, 7) is 5.98. The number of hydrogen-bond acceptors (Lipinski definition) is 5. The van der Waals surface area contributed by atoms with Gasteiger partial charge in [0.15, 0.2) is 5.78 Å². The fraction of sp³-hybridized carbons (Fsp3) is 0.609. The standard InChI is InChI=1S/C23H30N2O4/c1-23(2,3)29-22(27)25-18-6-4-7-19(25)15-17(14-18)21(26)16-8-10-20(11-9-16)28-13-5-12-24/h8-11,17-19H,4-7,13-15H2,1-3H3. The number of nitrogens with zero attached hydrogens (tertiary/aromatic N) is 2. The molecule has 0 aromatic heterocycles. The van der Waals surface area contributed by atoms with Crippen molar-refractivity contribution in [2.24, 2.45) is 5.92 Å². The summed E-state index contributed by atoms with van der Waals surface area (Å²) in [5.41, 5.74) is 0.154. The molecule has 1 amide bonds. The van der Waals surface area contributed by atoms with Gasteiger partial charge >= 0.3 is 6.09 Å². The normalized spacial score (nSPS) is 23.8. The lowest BCUT2D eigenvalue weighted by molar-refractivity contribution is -0.0260. The first-order valence-corrected chi connectivity index (χ1v) is 10.4. The molecule has 2 heterocycles. The van der Waals surface area contributed by atoms with Crippen LogP contribution in [0.3, 0.4) is 0 Å². The summed E-state index contributed by atoms with van der Waals surface area (Å²) in [6, 6.07) is 9.32. The second-order valence-electron chi connectivity index (χ2n) is 8.94. The van der Waals surface area contributed by atoms with Crippen LogP contribution >= 0.6 is 0 Å². The first-order valence-electron chi connectivity index (χ1n) is 10.4. The molecule has 0 spiro atoms. The molecule has 6 nitrogen and oxygen atoms in total. The number of carbonyl (C=O) groups is 2. The largest absolute Gasteiger partial charge is 0.493 e. The number of ketones is 1. The second kappa shape index (κ2) is 8.86. The van der Waals surface area contributed by atoms with Crippen LogP contribution in [0, 0.1) is 17.2 Å². The van der Waals surface area contributed by atoms with Gasteiger partial charge in [-0.1, -0.05) is 0 Å². The Bertz CT molecular complexity index is 762. The average Bonchev–Trinajstić information content (AvgIpc) is 2.66. The maximum absolute atomic E-state index is 13.1. The van der Waals surface area contributed by atoms with Gasteiger partial charge in [0.05, 0.1) is 12.5 Å². The summed E-state index contributed by atoms with van der Waals surface area (Å²) in [6.07, 6.45) is 4.39. The molecule has 2 unspecified atom stereocenters. The number of ether oxygens (including phenoxy) is 2. The van der Waals surface area contributed by atoms with Crippen LogP contribution in [0.2, 0.25) is 0 Å². The average molecular weight is 399 g/mol. The lowest BCUT2D eigenvalue weighted by Gasteiger charge is -2.48. The van der Waals surface area contributed by atoms with E-state index in [4.69, 9.17) is 14.7 Å². The van der Waals surface area contributed by atoms with Gasteiger partial charge in [-0.05, 0) is 77.1 Å². The number of piperidine rings is 2. The molecule has 1 aromatic carbocycles. The zero-order chi connectivity index (χ0) is 21.0. The molecular formula is C23H30N2O4. The number of hydrogen-bond donors (Lipinski definition) is 0. The monoisotopic (exact) mass is 398 g/mol. The Morgan fingerprint density at radius 3 is 2.31 bits per heavy atom. The lowest BCUT2D eigenvalue weighted by atomic mass is 9.76. The minimum atomic E-state index is -0.519. The Kier molecular flexibility index (Phi) is 6.46. The van der Waals surface area contributed by atoms with Gasteiger partial charge in [0.25, 0.3) is 0 Å². The maximum Gasteiger partial charge on any atom is 0.410 e. The minimum Gasteiger partial charge on any atom is -0.493 e. The van der Waals surface area contributed by atoms with Crippen LogP contribution in [-0.2, 0) is 4.74 Å². The highest BCUT2D eigenvalue weighted by molar-refractivity contribution is 5.98. The molecule has 6 heteroatoms. The summed E-state index contributed by atoms with van der Waals surface area (Å²) in [5, 5.41) is 8.57. The van der Waals surface area contributed by atoms with E-state index in [1.165, 1.54) is 0 Å². The third-order valence-corrected chi connectivity index (χ3v) is 5.57. The Morgan fingerprint density at radius 2 is 1.76 bits per heavy atom. The highest BCUT2D eigenvalue weighted by Crippen LogP contribution is 2.39. The minimum absolute atomic E-state index is 0.0693. The highest BCUT2D eigenvalue weighted by Gasteiger charge is 2.44. The molecule has 2 aliphatic heterocycles. The van der Waals surface area contributed by atoms with Crippen molar-refractivity contribution >= 4 is 11.9 Å². The van der Waals surface area contributed by atoms with Gasteiger partial charge in [0.1, 0.15) is 18.0 Å². The smallest absolute Gasteiger partial charge is 0.410 e. The molecule has 29 heavy (non-hydrogen) atoms. The Balaban J connectivity index is 1.65. The van der Waals surface area contributed by atoms with Crippen LogP contribution in [0.15, 0.2) is 24.3 Å². The number of fused-ring (bicyclic) bond motifs is 2. The predicted octanol–water partition coefficient (Wildman–Crippen LogP) is 4.73. The van der Waals surface area contributed by atoms with Gasteiger partial charge in [-0.25, -0.2) is 4.79 Å². The molecule has 0 N–H and O–H groups in total. The van der Waals surface area contributed by atoms with Crippen molar-refractivity contribution < 1.29 is 19.1 Å². The molecule has 2 aliphatic rings. The topological polar surface area (TPSA) is 79.6 Å². The van der Waals surface area contributed by atoms with Crippen molar-refractivity contribution in [2.45, 2.75) is 77.0 Å². The van der Waals surface area contributed by atoms with Crippen molar-refractivity contribution in [3.8, 4) is 11.8 Å². The summed E-state index contributed by atoms with van der Waals surface area (Å²) in [4.78, 5) is 27.7. The molecule has 156 valence electrons. The van der Waals surface area contributed by atoms with Gasteiger partial charge in [0.2, 0.25) is 0 Å². The summed E-state index contributed by atoms with van der Waals surface area (Å²) < 4.78 is 11.1. The van der Waals surface area contributed by atoms with Crippen LogP contribution in [-0.4, -0.2) is 41.1 Å². The quantitative estimate of drug-likeness (QED) is 0.529. The third kappa shape index (κ3) is 5.29. The van der Waals surface area contributed by atoms with Gasteiger partial charge in [-0.15, -0.1) is 0 Å². The van der Waals surface area contributed by atoms with E-state index in [1.54, 1.807) is 24.3 Å². The second-order valence-corrected chi connectivity index (χ2v) is 8.94. The Labute approximate surface area is 172 Å². The van der Waals surface area contributed by atoms with E-state index >= 15 is 0 Å². The molecule has 3 rings (SSSR count).